The van der Waals surface area contributed by atoms with Crippen molar-refractivity contribution in [2.24, 2.45) is 11.8 Å². The molecule has 0 saturated heterocycles. The quantitative estimate of drug-likeness (QED) is 0.602. The van der Waals surface area contributed by atoms with Crippen LogP contribution in [0.3, 0.4) is 0 Å². The van der Waals surface area contributed by atoms with Crippen LogP contribution >= 0.6 is 0 Å². The SMILES string of the molecule is C#CC[C@H]1CC[C@H](COC(=O)OCc2ccccc2)CC1. The van der Waals surface area contributed by atoms with E-state index in [1.54, 1.807) is 0 Å². The Kier molecular flexibility index (Phi) is 6.15. The van der Waals surface area contributed by atoms with Gasteiger partial charge in [-0.05, 0) is 43.1 Å². The molecule has 2 rings (SSSR count). The van der Waals surface area contributed by atoms with E-state index < -0.39 is 6.16 Å². The van der Waals surface area contributed by atoms with Gasteiger partial charge in [0.1, 0.15) is 6.61 Å². The standard InChI is InChI=1S/C18H22O3/c1-2-6-15-9-11-17(12-10-15)14-21-18(19)20-13-16-7-4-3-5-8-16/h1,3-5,7-8,15,17H,6,9-14H2/t15-,17-. The maximum atomic E-state index is 11.6. The summed E-state index contributed by atoms with van der Waals surface area (Å²) in [5.74, 6) is 3.83. The fourth-order valence-corrected chi connectivity index (χ4v) is 2.71. The van der Waals surface area contributed by atoms with E-state index in [1.807, 2.05) is 30.3 Å². The van der Waals surface area contributed by atoms with Crippen molar-refractivity contribution in [1.82, 2.24) is 0 Å². The van der Waals surface area contributed by atoms with Gasteiger partial charge >= 0.3 is 6.16 Å². The molecule has 0 aliphatic heterocycles. The second-order valence-corrected chi connectivity index (χ2v) is 5.63. The third-order valence-electron chi connectivity index (χ3n) is 4.01. The number of terminal acetylenes is 1. The molecule has 1 fully saturated rings. The summed E-state index contributed by atoms with van der Waals surface area (Å²) in [6, 6.07) is 9.59. The molecule has 0 radical (unpaired) electrons. The minimum absolute atomic E-state index is 0.259. The lowest BCUT2D eigenvalue weighted by Gasteiger charge is -2.26. The smallest absolute Gasteiger partial charge is 0.434 e. The second kappa shape index (κ2) is 8.36. The van der Waals surface area contributed by atoms with E-state index in [1.165, 1.54) is 0 Å². The van der Waals surface area contributed by atoms with Gasteiger partial charge in [0.2, 0.25) is 0 Å². The van der Waals surface area contributed by atoms with E-state index in [2.05, 4.69) is 5.92 Å². The van der Waals surface area contributed by atoms with Crippen molar-refractivity contribution in [2.75, 3.05) is 6.61 Å². The molecule has 0 bridgehead atoms. The van der Waals surface area contributed by atoms with Crippen LogP contribution < -0.4 is 0 Å². The number of carbonyl (C=O) groups is 1. The zero-order chi connectivity index (χ0) is 14.9. The Morgan fingerprint density at radius 2 is 1.76 bits per heavy atom. The van der Waals surface area contributed by atoms with Gasteiger partial charge in [0.05, 0.1) is 6.61 Å². The van der Waals surface area contributed by atoms with Crippen LogP contribution in [0.1, 0.15) is 37.7 Å². The number of carbonyl (C=O) groups excluding carboxylic acids is 1. The highest BCUT2D eigenvalue weighted by molar-refractivity contribution is 5.59. The molecule has 21 heavy (non-hydrogen) atoms. The molecular weight excluding hydrogens is 264 g/mol. The van der Waals surface area contributed by atoms with Gasteiger partial charge in [-0.1, -0.05) is 30.3 Å². The Morgan fingerprint density at radius 3 is 2.43 bits per heavy atom. The molecule has 1 aromatic rings. The van der Waals surface area contributed by atoms with Crippen molar-refractivity contribution >= 4 is 6.16 Å². The second-order valence-electron chi connectivity index (χ2n) is 5.63. The average Bonchev–Trinajstić information content (AvgIpc) is 2.53. The highest BCUT2D eigenvalue weighted by Gasteiger charge is 2.21. The molecule has 1 saturated carbocycles. The first-order valence-corrected chi connectivity index (χ1v) is 7.55. The minimum atomic E-state index is -0.579. The Labute approximate surface area is 126 Å². The van der Waals surface area contributed by atoms with E-state index in [4.69, 9.17) is 15.9 Å². The van der Waals surface area contributed by atoms with Gasteiger partial charge in [-0.25, -0.2) is 4.79 Å². The van der Waals surface area contributed by atoms with E-state index in [9.17, 15) is 4.79 Å². The Bertz CT molecular complexity index is 467. The fraction of sp³-hybridized carbons (Fsp3) is 0.500. The molecule has 0 spiro atoms. The summed E-state index contributed by atoms with van der Waals surface area (Å²) in [7, 11) is 0. The first-order chi connectivity index (χ1) is 10.3. The number of hydrogen-bond donors (Lipinski definition) is 0. The van der Waals surface area contributed by atoms with Crippen LogP contribution in [0.2, 0.25) is 0 Å². The molecule has 0 N–H and O–H groups in total. The van der Waals surface area contributed by atoms with Crippen LogP contribution in [-0.4, -0.2) is 12.8 Å². The van der Waals surface area contributed by atoms with Crippen LogP contribution in [0.15, 0.2) is 30.3 Å². The predicted octanol–water partition coefficient (Wildman–Crippen LogP) is 4.17. The summed E-state index contributed by atoms with van der Waals surface area (Å²) in [4.78, 5) is 11.6. The van der Waals surface area contributed by atoms with Gasteiger partial charge in [0, 0.05) is 6.42 Å². The Morgan fingerprint density at radius 1 is 1.10 bits per heavy atom. The van der Waals surface area contributed by atoms with E-state index in [0.29, 0.717) is 18.4 Å². The van der Waals surface area contributed by atoms with E-state index >= 15 is 0 Å². The summed E-state index contributed by atoms with van der Waals surface area (Å²) in [5, 5.41) is 0. The zero-order valence-corrected chi connectivity index (χ0v) is 12.3. The highest BCUT2D eigenvalue weighted by atomic mass is 16.7. The molecule has 1 aliphatic rings. The lowest BCUT2D eigenvalue weighted by molar-refractivity contribution is 0.0330. The first-order valence-electron chi connectivity index (χ1n) is 7.55. The molecule has 0 heterocycles. The summed E-state index contributed by atoms with van der Waals surface area (Å²) in [6.07, 6.45) is 10.1. The third kappa shape index (κ3) is 5.51. The monoisotopic (exact) mass is 286 g/mol. The van der Waals surface area contributed by atoms with Crippen molar-refractivity contribution in [1.29, 1.82) is 0 Å². The molecule has 0 amide bonds. The fourth-order valence-electron chi connectivity index (χ4n) is 2.71. The zero-order valence-electron chi connectivity index (χ0n) is 12.3. The van der Waals surface area contributed by atoms with Gasteiger partial charge in [-0.2, -0.15) is 0 Å². The summed E-state index contributed by atoms with van der Waals surface area (Å²) >= 11 is 0. The van der Waals surface area contributed by atoms with E-state index in [-0.39, 0.29) is 6.61 Å². The predicted molar refractivity (Wildman–Crippen MR) is 81.5 cm³/mol. The van der Waals surface area contributed by atoms with Crippen LogP contribution in [-0.2, 0) is 16.1 Å². The maximum Gasteiger partial charge on any atom is 0.508 e. The van der Waals surface area contributed by atoms with Gasteiger partial charge in [0.15, 0.2) is 0 Å². The first kappa shape index (κ1) is 15.4. The van der Waals surface area contributed by atoms with Crippen LogP contribution in [0.25, 0.3) is 0 Å². The van der Waals surface area contributed by atoms with Crippen LogP contribution in [0, 0.1) is 24.2 Å². The molecule has 3 nitrogen and oxygen atoms in total. The molecule has 1 aromatic carbocycles. The molecule has 112 valence electrons. The van der Waals surface area contributed by atoms with Gasteiger partial charge in [-0.15, -0.1) is 12.3 Å². The Hall–Kier alpha value is -1.95. The normalized spacial score (nSPS) is 21.3. The molecule has 0 atom stereocenters. The van der Waals surface area contributed by atoms with Gasteiger partial charge in [0.25, 0.3) is 0 Å². The van der Waals surface area contributed by atoms with Crippen molar-refractivity contribution in [2.45, 2.75) is 38.7 Å². The minimum Gasteiger partial charge on any atom is -0.434 e. The van der Waals surface area contributed by atoms with E-state index in [0.717, 1.165) is 37.7 Å². The van der Waals surface area contributed by atoms with Crippen molar-refractivity contribution in [3.05, 3.63) is 35.9 Å². The number of benzene rings is 1. The molecule has 0 unspecified atom stereocenters. The number of rotatable bonds is 5. The van der Waals surface area contributed by atoms with Crippen molar-refractivity contribution < 1.29 is 14.3 Å². The molecule has 3 heteroatoms. The molecule has 0 aromatic heterocycles. The molecular formula is C18H22O3. The largest absolute Gasteiger partial charge is 0.508 e. The Balaban J connectivity index is 1.60. The summed E-state index contributed by atoms with van der Waals surface area (Å²) in [5.41, 5.74) is 0.962. The summed E-state index contributed by atoms with van der Waals surface area (Å²) in [6.45, 7) is 0.713. The van der Waals surface area contributed by atoms with Crippen molar-refractivity contribution in [3.63, 3.8) is 0 Å². The van der Waals surface area contributed by atoms with Crippen LogP contribution in [0.4, 0.5) is 4.79 Å². The number of hydrogen-bond acceptors (Lipinski definition) is 3. The lowest BCUT2D eigenvalue weighted by atomic mass is 9.81. The topological polar surface area (TPSA) is 35.5 Å². The van der Waals surface area contributed by atoms with Gasteiger partial charge in [-0.3, -0.25) is 0 Å². The maximum absolute atomic E-state index is 11.6. The number of ether oxygens (including phenoxy) is 2. The van der Waals surface area contributed by atoms with Crippen LogP contribution in [0.5, 0.6) is 0 Å². The highest BCUT2D eigenvalue weighted by Crippen LogP contribution is 2.30. The summed E-state index contributed by atoms with van der Waals surface area (Å²) < 4.78 is 10.3. The third-order valence-corrected chi connectivity index (χ3v) is 4.01. The average molecular weight is 286 g/mol. The lowest BCUT2D eigenvalue weighted by Crippen LogP contribution is -2.20. The molecule has 1 aliphatic carbocycles. The van der Waals surface area contributed by atoms with Crippen molar-refractivity contribution in [3.8, 4) is 12.3 Å². The van der Waals surface area contributed by atoms with Gasteiger partial charge < -0.3 is 9.47 Å².